The van der Waals surface area contributed by atoms with Gasteiger partial charge in [-0.25, -0.2) is 4.39 Å². The smallest absolute Gasteiger partial charge is 0.128 e. The highest BCUT2D eigenvalue weighted by atomic mass is 19.1. The van der Waals surface area contributed by atoms with E-state index in [0.717, 1.165) is 24.8 Å². The summed E-state index contributed by atoms with van der Waals surface area (Å²) in [6.07, 6.45) is 8.19. The molecule has 0 aromatic heterocycles. The van der Waals surface area contributed by atoms with Gasteiger partial charge in [-0.2, -0.15) is 0 Å². The largest absolute Gasteiger partial charge is 0.242 e. The molecule has 0 amide bonds. The van der Waals surface area contributed by atoms with Crippen molar-refractivity contribution in [1.82, 2.24) is 0 Å². The molecule has 3 atom stereocenters. The van der Waals surface area contributed by atoms with Gasteiger partial charge in [0, 0.05) is 5.92 Å². The van der Waals surface area contributed by atoms with Gasteiger partial charge in [0.2, 0.25) is 0 Å². The molecule has 3 unspecified atom stereocenters. The molecule has 2 aliphatic rings. The lowest BCUT2D eigenvalue weighted by molar-refractivity contribution is 0.218. The maximum absolute atomic E-state index is 14.0. The Kier molecular flexibility index (Phi) is 2.76. The van der Waals surface area contributed by atoms with Crippen LogP contribution in [0.1, 0.15) is 39.5 Å². The Hall–Kier alpha value is -0.590. The standard InChI is InChI=1S/C13H19F/c1-9-7-8-10(2)13(14)12(9)11-5-3-4-6-11/h5,8-9,12-13H,3-4,6-7H2,1-2H3. The zero-order valence-corrected chi connectivity index (χ0v) is 9.09. The van der Waals surface area contributed by atoms with Gasteiger partial charge in [0.25, 0.3) is 0 Å². The third kappa shape index (κ3) is 1.65. The summed E-state index contributed by atoms with van der Waals surface area (Å²) in [5, 5.41) is 0. The molecule has 0 aliphatic heterocycles. The monoisotopic (exact) mass is 194 g/mol. The number of allylic oxidation sites excluding steroid dienone is 4. The highest BCUT2D eigenvalue weighted by Gasteiger charge is 2.34. The zero-order chi connectivity index (χ0) is 10.1. The molecule has 0 spiro atoms. The quantitative estimate of drug-likeness (QED) is 0.553. The first-order valence-electron chi connectivity index (χ1n) is 5.70. The Balaban J connectivity index is 2.20. The topological polar surface area (TPSA) is 0 Å². The second kappa shape index (κ2) is 3.88. The number of hydrogen-bond donors (Lipinski definition) is 0. The molecule has 0 fully saturated rings. The van der Waals surface area contributed by atoms with Gasteiger partial charge in [0.1, 0.15) is 6.17 Å². The molecule has 0 nitrogen and oxygen atoms in total. The van der Waals surface area contributed by atoms with Crippen LogP contribution in [0.15, 0.2) is 23.3 Å². The van der Waals surface area contributed by atoms with Gasteiger partial charge in [-0.3, -0.25) is 0 Å². The van der Waals surface area contributed by atoms with Gasteiger partial charge in [0.05, 0.1) is 0 Å². The summed E-state index contributed by atoms with van der Waals surface area (Å²) in [7, 11) is 0. The lowest BCUT2D eigenvalue weighted by atomic mass is 9.75. The molecule has 0 N–H and O–H groups in total. The van der Waals surface area contributed by atoms with E-state index in [0.29, 0.717) is 5.92 Å². The van der Waals surface area contributed by atoms with Crippen molar-refractivity contribution in [2.75, 3.05) is 0 Å². The Morgan fingerprint density at radius 2 is 2.14 bits per heavy atom. The van der Waals surface area contributed by atoms with E-state index >= 15 is 0 Å². The third-order valence-corrected chi connectivity index (χ3v) is 3.68. The average Bonchev–Trinajstić information content (AvgIpc) is 2.65. The highest BCUT2D eigenvalue weighted by Crippen LogP contribution is 2.40. The van der Waals surface area contributed by atoms with Crippen LogP contribution in [0.4, 0.5) is 4.39 Å². The molecule has 1 heteroatoms. The third-order valence-electron chi connectivity index (χ3n) is 3.68. The van der Waals surface area contributed by atoms with E-state index in [-0.39, 0.29) is 5.92 Å². The fourth-order valence-electron chi connectivity index (χ4n) is 2.75. The summed E-state index contributed by atoms with van der Waals surface area (Å²) in [6.45, 7) is 4.11. The van der Waals surface area contributed by atoms with E-state index in [1.54, 1.807) is 0 Å². The van der Waals surface area contributed by atoms with Crippen molar-refractivity contribution in [2.24, 2.45) is 11.8 Å². The number of halogens is 1. The van der Waals surface area contributed by atoms with Crippen LogP contribution in [0.5, 0.6) is 0 Å². The van der Waals surface area contributed by atoms with Crippen molar-refractivity contribution in [2.45, 2.75) is 45.7 Å². The van der Waals surface area contributed by atoms with Crippen LogP contribution in [-0.2, 0) is 0 Å². The highest BCUT2D eigenvalue weighted by molar-refractivity contribution is 5.23. The molecule has 0 heterocycles. The summed E-state index contributed by atoms with van der Waals surface area (Å²) in [5.74, 6) is 0.667. The van der Waals surface area contributed by atoms with Gasteiger partial charge in [-0.15, -0.1) is 0 Å². The summed E-state index contributed by atoms with van der Waals surface area (Å²) >= 11 is 0. The molecule has 0 bridgehead atoms. The molecule has 0 aromatic carbocycles. The Morgan fingerprint density at radius 3 is 2.79 bits per heavy atom. The summed E-state index contributed by atoms with van der Waals surface area (Å²) in [4.78, 5) is 0. The predicted molar refractivity (Wildman–Crippen MR) is 57.9 cm³/mol. The minimum absolute atomic E-state index is 0.183. The number of hydrogen-bond acceptors (Lipinski definition) is 0. The summed E-state index contributed by atoms with van der Waals surface area (Å²) in [6, 6.07) is 0. The van der Waals surface area contributed by atoms with E-state index in [2.05, 4.69) is 19.1 Å². The van der Waals surface area contributed by atoms with Crippen molar-refractivity contribution in [3.8, 4) is 0 Å². The lowest BCUT2D eigenvalue weighted by Gasteiger charge is -2.32. The van der Waals surface area contributed by atoms with Crippen LogP contribution in [0, 0.1) is 11.8 Å². The average molecular weight is 194 g/mol. The predicted octanol–water partition coefficient (Wildman–Crippen LogP) is 4.04. The van der Waals surface area contributed by atoms with Crippen LogP contribution in [0.25, 0.3) is 0 Å². The van der Waals surface area contributed by atoms with Gasteiger partial charge in [0.15, 0.2) is 0 Å². The lowest BCUT2D eigenvalue weighted by Crippen LogP contribution is -2.28. The number of rotatable bonds is 1. The van der Waals surface area contributed by atoms with Crippen molar-refractivity contribution in [3.63, 3.8) is 0 Å². The molecule has 0 saturated carbocycles. The van der Waals surface area contributed by atoms with Gasteiger partial charge >= 0.3 is 0 Å². The molecule has 2 rings (SSSR count). The van der Waals surface area contributed by atoms with E-state index in [1.165, 1.54) is 12.0 Å². The van der Waals surface area contributed by atoms with Crippen LogP contribution < -0.4 is 0 Å². The van der Waals surface area contributed by atoms with Crippen molar-refractivity contribution >= 4 is 0 Å². The second-order valence-electron chi connectivity index (χ2n) is 4.76. The molecular weight excluding hydrogens is 175 g/mol. The van der Waals surface area contributed by atoms with Crippen LogP contribution >= 0.6 is 0 Å². The molecule has 78 valence electrons. The Morgan fingerprint density at radius 1 is 1.36 bits per heavy atom. The minimum atomic E-state index is -0.719. The molecule has 0 saturated heterocycles. The van der Waals surface area contributed by atoms with Gasteiger partial charge in [-0.1, -0.05) is 24.6 Å². The van der Waals surface area contributed by atoms with Crippen LogP contribution in [-0.4, -0.2) is 6.17 Å². The normalized spacial score (nSPS) is 38.1. The first kappa shape index (κ1) is 9.95. The first-order chi connectivity index (χ1) is 6.70. The molecule has 2 aliphatic carbocycles. The maximum atomic E-state index is 14.0. The van der Waals surface area contributed by atoms with E-state index < -0.39 is 6.17 Å². The van der Waals surface area contributed by atoms with Gasteiger partial charge in [-0.05, 0) is 44.1 Å². The molecule has 0 radical (unpaired) electrons. The van der Waals surface area contributed by atoms with Crippen molar-refractivity contribution in [3.05, 3.63) is 23.3 Å². The fourth-order valence-corrected chi connectivity index (χ4v) is 2.75. The minimum Gasteiger partial charge on any atom is -0.242 e. The molecule has 0 aromatic rings. The van der Waals surface area contributed by atoms with E-state index in [4.69, 9.17) is 0 Å². The Labute approximate surface area is 85.9 Å². The van der Waals surface area contributed by atoms with Crippen LogP contribution in [0.3, 0.4) is 0 Å². The van der Waals surface area contributed by atoms with Gasteiger partial charge < -0.3 is 0 Å². The summed E-state index contributed by atoms with van der Waals surface area (Å²) < 4.78 is 14.0. The summed E-state index contributed by atoms with van der Waals surface area (Å²) in [5.41, 5.74) is 2.33. The SMILES string of the molecule is CC1=CCC(C)C(C2=CCCC2)C1F. The Bertz CT molecular complexity index is 275. The van der Waals surface area contributed by atoms with Crippen LogP contribution in [0.2, 0.25) is 0 Å². The van der Waals surface area contributed by atoms with E-state index in [1.807, 2.05) is 6.92 Å². The molecule has 14 heavy (non-hydrogen) atoms. The number of alkyl halides is 1. The maximum Gasteiger partial charge on any atom is 0.128 e. The second-order valence-corrected chi connectivity index (χ2v) is 4.76. The first-order valence-corrected chi connectivity index (χ1v) is 5.70. The zero-order valence-electron chi connectivity index (χ0n) is 9.09. The molecular formula is C13H19F. The van der Waals surface area contributed by atoms with Crippen molar-refractivity contribution < 1.29 is 4.39 Å². The van der Waals surface area contributed by atoms with Crippen molar-refractivity contribution in [1.29, 1.82) is 0 Å². The van der Waals surface area contributed by atoms with E-state index in [9.17, 15) is 4.39 Å². The fraction of sp³-hybridized carbons (Fsp3) is 0.692.